The Morgan fingerprint density at radius 2 is 1.83 bits per heavy atom. The molecule has 7 heteroatoms. The Labute approximate surface area is 132 Å². The van der Waals surface area contributed by atoms with E-state index in [1.165, 1.54) is 42.6 Å². The molecule has 23 heavy (non-hydrogen) atoms. The van der Waals surface area contributed by atoms with Crippen LogP contribution in [-0.4, -0.2) is 23.7 Å². The summed E-state index contributed by atoms with van der Waals surface area (Å²) >= 11 is 0. The van der Waals surface area contributed by atoms with Gasteiger partial charge < -0.3 is 0 Å². The van der Waals surface area contributed by atoms with Crippen molar-refractivity contribution in [3.63, 3.8) is 0 Å². The van der Waals surface area contributed by atoms with Crippen molar-refractivity contribution < 1.29 is 17.6 Å². The van der Waals surface area contributed by atoms with Crippen LogP contribution in [0.2, 0.25) is 0 Å². The smallest absolute Gasteiger partial charge is 0.285 e. The van der Waals surface area contributed by atoms with Crippen molar-refractivity contribution in [1.82, 2.24) is 8.96 Å². The van der Waals surface area contributed by atoms with Crippen LogP contribution in [0.3, 0.4) is 0 Å². The molecule has 2 aromatic heterocycles. The van der Waals surface area contributed by atoms with Gasteiger partial charge in [0.25, 0.3) is 10.0 Å². The number of nitrogens with zero attached hydrogens (tertiary/aromatic N) is 2. The molecule has 1 aromatic carbocycles. The van der Waals surface area contributed by atoms with Gasteiger partial charge in [-0.25, -0.2) is 13.3 Å². The summed E-state index contributed by atoms with van der Waals surface area (Å²) in [5, 5.41) is -0.189. The molecule has 0 saturated heterocycles. The van der Waals surface area contributed by atoms with Crippen LogP contribution in [0.1, 0.15) is 10.4 Å². The zero-order valence-electron chi connectivity index (χ0n) is 11.8. The number of carbonyl (C=O) groups is 1. The van der Waals surface area contributed by atoms with Gasteiger partial charge in [0.2, 0.25) is 0 Å². The number of carbonyl (C=O) groups excluding carboxylic acids is 1. The minimum absolute atomic E-state index is 0.0656. The zero-order valence-corrected chi connectivity index (χ0v) is 12.6. The van der Waals surface area contributed by atoms with E-state index < -0.39 is 15.8 Å². The Hall–Kier alpha value is -2.80. The van der Waals surface area contributed by atoms with Crippen molar-refractivity contribution in [1.29, 1.82) is 0 Å². The molecule has 3 rings (SSSR count). The summed E-state index contributed by atoms with van der Waals surface area (Å²) in [6, 6.07) is 11.5. The standard InChI is InChI=1S/C16H11FN2O3S/c17-14-6-2-1-5-13(14)15-9-12(11-20)10-19(15)23(21,22)16-7-3-4-8-18-16/h1-11H. The summed E-state index contributed by atoms with van der Waals surface area (Å²) in [6.45, 7) is 0. The quantitative estimate of drug-likeness (QED) is 0.690. The van der Waals surface area contributed by atoms with Crippen molar-refractivity contribution in [2.45, 2.75) is 5.03 Å². The number of hydrogen-bond donors (Lipinski definition) is 0. The third-order valence-corrected chi connectivity index (χ3v) is 4.84. The second-order valence-corrected chi connectivity index (χ2v) is 6.49. The summed E-state index contributed by atoms with van der Waals surface area (Å²) in [5.74, 6) is -0.583. The highest BCUT2D eigenvalue weighted by molar-refractivity contribution is 7.90. The molecule has 0 spiro atoms. The minimum atomic E-state index is -4.04. The zero-order chi connectivity index (χ0) is 16.4. The molecule has 0 amide bonds. The van der Waals surface area contributed by atoms with Gasteiger partial charge in [-0.1, -0.05) is 18.2 Å². The molecule has 3 aromatic rings. The Morgan fingerprint density at radius 1 is 1.09 bits per heavy atom. The third-order valence-electron chi connectivity index (χ3n) is 3.25. The predicted octanol–water partition coefficient (Wildman–Crippen LogP) is 2.74. The molecular formula is C16H11FN2O3S. The van der Waals surface area contributed by atoms with Gasteiger partial charge in [-0.3, -0.25) is 4.79 Å². The maximum atomic E-state index is 14.0. The molecule has 0 aliphatic carbocycles. The summed E-state index contributed by atoms with van der Waals surface area (Å²) in [4.78, 5) is 14.9. The largest absolute Gasteiger partial charge is 0.298 e. The Kier molecular flexibility index (Phi) is 3.79. The lowest BCUT2D eigenvalue weighted by atomic mass is 10.1. The average Bonchev–Trinajstić information content (AvgIpc) is 3.01. The maximum absolute atomic E-state index is 14.0. The van der Waals surface area contributed by atoms with E-state index >= 15 is 0 Å². The normalized spacial score (nSPS) is 11.3. The van der Waals surface area contributed by atoms with E-state index in [-0.39, 0.29) is 21.8 Å². The lowest BCUT2D eigenvalue weighted by Gasteiger charge is -2.10. The fraction of sp³-hybridized carbons (Fsp3) is 0. The van der Waals surface area contributed by atoms with Crippen LogP contribution >= 0.6 is 0 Å². The van der Waals surface area contributed by atoms with Gasteiger partial charge in [0.15, 0.2) is 11.3 Å². The van der Waals surface area contributed by atoms with Gasteiger partial charge in [0, 0.05) is 23.5 Å². The SMILES string of the molecule is O=Cc1cc(-c2ccccc2F)n(S(=O)(=O)c2ccccn2)c1. The van der Waals surface area contributed by atoms with Crippen LogP contribution in [0.4, 0.5) is 4.39 Å². The molecule has 0 radical (unpaired) electrons. The molecule has 0 unspecified atom stereocenters. The van der Waals surface area contributed by atoms with Crippen LogP contribution in [0.25, 0.3) is 11.3 Å². The first-order valence-corrected chi connectivity index (χ1v) is 8.07. The second kappa shape index (κ2) is 5.77. The number of halogens is 1. The molecule has 0 bridgehead atoms. The minimum Gasteiger partial charge on any atom is -0.298 e. The van der Waals surface area contributed by atoms with Crippen molar-refractivity contribution in [2.24, 2.45) is 0 Å². The summed E-state index contributed by atoms with van der Waals surface area (Å²) in [5.41, 5.74) is 0.277. The monoisotopic (exact) mass is 330 g/mol. The highest BCUT2D eigenvalue weighted by Gasteiger charge is 2.23. The van der Waals surface area contributed by atoms with E-state index in [2.05, 4.69) is 4.98 Å². The molecule has 0 N–H and O–H groups in total. The maximum Gasteiger partial charge on any atom is 0.285 e. The Morgan fingerprint density at radius 3 is 2.48 bits per heavy atom. The molecule has 116 valence electrons. The summed E-state index contributed by atoms with van der Waals surface area (Å²) in [7, 11) is -4.04. The van der Waals surface area contributed by atoms with E-state index in [0.29, 0.717) is 6.29 Å². The number of rotatable bonds is 4. The molecule has 0 aliphatic rings. The second-order valence-electron chi connectivity index (χ2n) is 4.73. The molecular weight excluding hydrogens is 319 g/mol. The van der Waals surface area contributed by atoms with Gasteiger partial charge in [-0.05, 0) is 30.3 Å². The van der Waals surface area contributed by atoms with Crippen molar-refractivity contribution in [2.75, 3.05) is 0 Å². The van der Waals surface area contributed by atoms with Crippen LogP contribution < -0.4 is 0 Å². The van der Waals surface area contributed by atoms with E-state index in [0.717, 1.165) is 10.2 Å². The fourth-order valence-electron chi connectivity index (χ4n) is 2.19. The number of benzene rings is 1. The highest BCUT2D eigenvalue weighted by atomic mass is 32.2. The topological polar surface area (TPSA) is 69.0 Å². The first-order chi connectivity index (χ1) is 11.0. The lowest BCUT2D eigenvalue weighted by Crippen LogP contribution is -2.14. The summed E-state index contributed by atoms with van der Waals surface area (Å²) in [6.07, 6.45) is 3.01. The van der Waals surface area contributed by atoms with Crippen molar-refractivity contribution in [3.05, 3.63) is 72.3 Å². The van der Waals surface area contributed by atoms with Gasteiger partial charge >= 0.3 is 0 Å². The molecule has 2 heterocycles. The molecule has 0 aliphatic heterocycles. The first-order valence-electron chi connectivity index (χ1n) is 6.63. The average molecular weight is 330 g/mol. The molecule has 0 atom stereocenters. The van der Waals surface area contributed by atoms with Crippen LogP contribution in [0, 0.1) is 5.82 Å². The number of aldehydes is 1. The van der Waals surface area contributed by atoms with Gasteiger partial charge in [0.1, 0.15) is 5.82 Å². The van der Waals surface area contributed by atoms with Crippen LogP contribution in [0.5, 0.6) is 0 Å². The highest BCUT2D eigenvalue weighted by Crippen LogP contribution is 2.28. The van der Waals surface area contributed by atoms with E-state index in [9.17, 15) is 17.6 Å². The van der Waals surface area contributed by atoms with Crippen molar-refractivity contribution in [3.8, 4) is 11.3 Å². The van der Waals surface area contributed by atoms with E-state index in [1.54, 1.807) is 12.1 Å². The van der Waals surface area contributed by atoms with Crippen LogP contribution in [0.15, 0.2) is 66.0 Å². The van der Waals surface area contributed by atoms with Gasteiger partial charge in [-0.2, -0.15) is 8.42 Å². The Balaban J connectivity index is 2.27. The predicted molar refractivity (Wildman–Crippen MR) is 82.0 cm³/mol. The fourth-order valence-corrected chi connectivity index (χ4v) is 3.51. The van der Waals surface area contributed by atoms with Crippen molar-refractivity contribution >= 4 is 16.3 Å². The van der Waals surface area contributed by atoms with Gasteiger partial charge in [-0.15, -0.1) is 0 Å². The Bertz CT molecular complexity index is 966. The summed E-state index contributed by atoms with van der Waals surface area (Å²) < 4.78 is 40.4. The number of aromatic nitrogens is 2. The third kappa shape index (κ3) is 2.66. The van der Waals surface area contributed by atoms with E-state index in [4.69, 9.17) is 0 Å². The molecule has 0 fully saturated rings. The van der Waals surface area contributed by atoms with E-state index in [1.807, 2.05) is 0 Å². The molecule has 0 saturated carbocycles. The molecule has 5 nitrogen and oxygen atoms in total. The number of pyridine rings is 1. The van der Waals surface area contributed by atoms with Crippen LogP contribution in [-0.2, 0) is 10.0 Å². The number of hydrogen-bond acceptors (Lipinski definition) is 4. The first kappa shape index (κ1) is 15.1. The lowest BCUT2D eigenvalue weighted by molar-refractivity contribution is 0.112. The van der Waals surface area contributed by atoms with Gasteiger partial charge in [0.05, 0.1) is 5.69 Å².